The fraction of sp³-hybridized carbons (Fsp3) is 0.474. The van der Waals surface area contributed by atoms with Crippen LogP contribution in [0.1, 0.15) is 34.1 Å². The molecule has 0 fully saturated rings. The number of nitrogens with zero attached hydrogens (tertiary/aromatic N) is 6. The van der Waals surface area contributed by atoms with Crippen LogP contribution in [0.2, 0.25) is 0 Å². The Morgan fingerprint density at radius 3 is 2.38 bits per heavy atom. The minimum Gasteiger partial charge on any atom is -0.475 e. The number of carboxylic acid groups (broad SMARTS) is 1. The maximum absolute atomic E-state index is 12.7. The topological polar surface area (TPSA) is 122 Å². The predicted octanol–water partition coefficient (Wildman–Crippen LogP) is 1.08. The zero-order valence-electron chi connectivity index (χ0n) is 17.8. The van der Waals surface area contributed by atoms with Gasteiger partial charge in [0.05, 0.1) is 24.1 Å². The number of carboxylic acids is 1. The second-order valence-electron chi connectivity index (χ2n) is 7.32. The quantitative estimate of drug-likeness (QED) is 0.728. The van der Waals surface area contributed by atoms with Crippen LogP contribution >= 0.6 is 0 Å². The van der Waals surface area contributed by atoms with Gasteiger partial charge in [-0.25, -0.2) is 14.8 Å². The Morgan fingerprint density at radius 2 is 1.84 bits per heavy atom. The first-order valence-corrected chi connectivity index (χ1v) is 9.51. The zero-order valence-corrected chi connectivity index (χ0v) is 17.8. The van der Waals surface area contributed by atoms with Gasteiger partial charge in [-0.3, -0.25) is 19.1 Å². The lowest BCUT2D eigenvalue weighted by Gasteiger charge is -2.20. The standard InChI is InChI=1S/C17H22N6O2.C2HF3O2/c1-12-8-19-14(9-18-12)17(25)22-5-4-6-23-15(11-22)20-13(7-16(23)24)10-21(2)3;3-2(4,5)1(6)7/h7-9H,4-6,10-11H2,1-3H3;(H,6,7). The summed E-state index contributed by atoms with van der Waals surface area (Å²) in [4.78, 5) is 50.6. The minimum absolute atomic E-state index is 0.0636. The van der Waals surface area contributed by atoms with E-state index in [0.29, 0.717) is 49.8 Å². The molecular weight excluding hydrogens is 433 g/mol. The second-order valence-corrected chi connectivity index (χ2v) is 7.32. The van der Waals surface area contributed by atoms with Crippen LogP contribution in [-0.4, -0.2) is 73.1 Å². The Labute approximate surface area is 181 Å². The van der Waals surface area contributed by atoms with E-state index in [1.54, 1.807) is 21.7 Å². The van der Waals surface area contributed by atoms with Gasteiger partial charge >= 0.3 is 12.1 Å². The maximum Gasteiger partial charge on any atom is 0.490 e. The summed E-state index contributed by atoms with van der Waals surface area (Å²) < 4.78 is 33.4. The van der Waals surface area contributed by atoms with Crippen molar-refractivity contribution in [1.29, 1.82) is 0 Å². The van der Waals surface area contributed by atoms with Gasteiger partial charge in [0, 0.05) is 31.9 Å². The number of aryl methyl sites for hydroxylation is 1. The summed E-state index contributed by atoms with van der Waals surface area (Å²) in [6, 6.07) is 1.58. The lowest BCUT2D eigenvalue weighted by molar-refractivity contribution is -0.192. The van der Waals surface area contributed by atoms with E-state index >= 15 is 0 Å². The van der Waals surface area contributed by atoms with Crippen LogP contribution < -0.4 is 5.56 Å². The molecule has 2 aromatic rings. The molecule has 3 heterocycles. The van der Waals surface area contributed by atoms with Gasteiger partial charge in [0.15, 0.2) is 0 Å². The van der Waals surface area contributed by atoms with E-state index < -0.39 is 12.1 Å². The number of amides is 1. The van der Waals surface area contributed by atoms with E-state index in [9.17, 15) is 22.8 Å². The number of hydrogen-bond donors (Lipinski definition) is 1. The van der Waals surface area contributed by atoms with E-state index in [1.165, 1.54) is 6.20 Å². The molecule has 174 valence electrons. The number of carbonyl (C=O) groups is 2. The normalized spacial score (nSPS) is 13.7. The molecule has 3 rings (SSSR count). The minimum atomic E-state index is -5.08. The SMILES string of the molecule is Cc1cnc(C(=O)N2CCCn3c(nc(CN(C)C)cc3=O)C2)cn1.O=C(O)C(F)(F)F. The van der Waals surface area contributed by atoms with E-state index in [0.717, 1.165) is 5.69 Å². The molecule has 10 nitrogen and oxygen atoms in total. The Morgan fingerprint density at radius 1 is 1.19 bits per heavy atom. The molecule has 0 bridgehead atoms. The van der Waals surface area contributed by atoms with Crippen LogP contribution in [0.15, 0.2) is 23.3 Å². The highest BCUT2D eigenvalue weighted by Crippen LogP contribution is 2.13. The third-order valence-corrected chi connectivity index (χ3v) is 4.29. The summed E-state index contributed by atoms with van der Waals surface area (Å²) in [6.07, 6.45) is -1.31. The number of fused-ring (bicyclic) bond motifs is 1. The smallest absolute Gasteiger partial charge is 0.475 e. The van der Waals surface area contributed by atoms with Crippen LogP contribution in [0.5, 0.6) is 0 Å². The molecule has 0 saturated carbocycles. The number of hydrogen-bond acceptors (Lipinski definition) is 7. The maximum atomic E-state index is 12.7. The third-order valence-electron chi connectivity index (χ3n) is 4.29. The van der Waals surface area contributed by atoms with Crippen molar-refractivity contribution in [3.63, 3.8) is 0 Å². The molecule has 32 heavy (non-hydrogen) atoms. The molecule has 0 atom stereocenters. The van der Waals surface area contributed by atoms with Gasteiger partial charge in [0.2, 0.25) is 0 Å². The Bertz CT molecular complexity index is 1020. The number of aliphatic carboxylic acids is 1. The largest absolute Gasteiger partial charge is 0.490 e. The van der Waals surface area contributed by atoms with E-state index in [2.05, 4.69) is 15.0 Å². The van der Waals surface area contributed by atoms with Gasteiger partial charge in [-0.15, -0.1) is 0 Å². The Balaban J connectivity index is 0.000000451. The molecule has 1 aliphatic heterocycles. The number of aromatic nitrogens is 4. The van der Waals surface area contributed by atoms with Crippen molar-refractivity contribution >= 4 is 11.9 Å². The van der Waals surface area contributed by atoms with Crippen LogP contribution in [0.3, 0.4) is 0 Å². The average molecular weight is 456 g/mol. The first kappa shape index (κ1) is 24.9. The van der Waals surface area contributed by atoms with Crippen LogP contribution in [0, 0.1) is 6.92 Å². The molecule has 2 aromatic heterocycles. The number of alkyl halides is 3. The number of rotatable bonds is 3. The highest BCUT2D eigenvalue weighted by molar-refractivity contribution is 5.91. The summed E-state index contributed by atoms with van der Waals surface area (Å²) in [5, 5.41) is 7.12. The van der Waals surface area contributed by atoms with Gasteiger partial charge < -0.3 is 14.9 Å². The monoisotopic (exact) mass is 456 g/mol. The van der Waals surface area contributed by atoms with E-state index in [4.69, 9.17) is 9.90 Å². The van der Waals surface area contributed by atoms with Crippen molar-refractivity contribution in [3.05, 3.63) is 51.7 Å². The van der Waals surface area contributed by atoms with Crippen LogP contribution in [0.4, 0.5) is 13.2 Å². The molecular formula is C19H23F3N6O4. The molecule has 0 radical (unpaired) electrons. The van der Waals surface area contributed by atoms with E-state index in [-0.39, 0.29) is 11.5 Å². The Kier molecular flexibility index (Phi) is 8.02. The first-order chi connectivity index (χ1) is 14.9. The van der Waals surface area contributed by atoms with Gasteiger partial charge in [-0.05, 0) is 27.4 Å². The van der Waals surface area contributed by atoms with Gasteiger partial charge in [-0.1, -0.05) is 0 Å². The second kappa shape index (κ2) is 10.3. The first-order valence-electron chi connectivity index (χ1n) is 9.51. The fourth-order valence-corrected chi connectivity index (χ4v) is 2.88. The lowest BCUT2D eigenvalue weighted by Crippen LogP contribution is -2.33. The highest BCUT2D eigenvalue weighted by Gasteiger charge is 2.38. The molecule has 0 saturated heterocycles. The summed E-state index contributed by atoms with van der Waals surface area (Å²) in [6.45, 7) is 3.82. The molecule has 0 aromatic carbocycles. The molecule has 13 heteroatoms. The molecule has 1 amide bonds. The third kappa shape index (κ3) is 6.83. The summed E-state index contributed by atoms with van der Waals surface area (Å²) in [7, 11) is 3.85. The zero-order chi connectivity index (χ0) is 24.1. The van der Waals surface area contributed by atoms with Crippen molar-refractivity contribution in [2.45, 2.75) is 39.2 Å². The van der Waals surface area contributed by atoms with Crippen molar-refractivity contribution in [3.8, 4) is 0 Å². The van der Waals surface area contributed by atoms with Crippen molar-refractivity contribution in [2.75, 3.05) is 20.6 Å². The molecule has 1 aliphatic rings. The number of carbonyl (C=O) groups excluding carboxylic acids is 1. The molecule has 0 aliphatic carbocycles. The van der Waals surface area contributed by atoms with Gasteiger partial charge in [0.1, 0.15) is 11.5 Å². The molecule has 1 N–H and O–H groups in total. The Hall–Kier alpha value is -3.35. The summed E-state index contributed by atoms with van der Waals surface area (Å²) in [5.41, 5.74) is 1.72. The van der Waals surface area contributed by atoms with E-state index in [1.807, 2.05) is 25.9 Å². The number of halogens is 3. The van der Waals surface area contributed by atoms with Crippen LogP contribution in [-0.2, 0) is 24.4 Å². The summed E-state index contributed by atoms with van der Waals surface area (Å²) >= 11 is 0. The van der Waals surface area contributed by atoms with Gasteiger partial charge in [-0.2, -0.15) is 13.2 Å². The fourth-order valence-electron chi connectivity index (χ4n) is 2.88. The summed E-state index contributed by atoms with van der Waals surface area (Å²) in [5.74, 6) is -2.32. The predicted molar refractivity (Wildman–Crippen MR) is 106 cm³/mol. The molecule has 0 unspecified atom stereocenters. The average Bonchev–Trinajstić information content (AvgIpc) is 2.90. The molecule has 0 spiro atoms. The van der Waals surface area contributed by atoms with Crippen LogP contribution in [0.25, 0.3) is 0 Å². The van der Waals surface area contributed by atoms with Gasteiger partial charge in [0.25, 0.3) is 11.5 Å². The van der Waals surface area contributed by atoms with Crippen molar-refractivity contribution in [2.24, 2.45) is 0 Å². The van der Waals surface area contributed by atoms with Crippen molar-refractivity contribution < 1.29 is 27.9 Å². The lowest BCUT2D eigenvalue weighted by atomic mass is 10.3. The van der Waals surface area contributed by atoms with Crippen molar-refractivity contribution in [1.82, 2.24) is 29.3 Å². The highest BCUT2D eigenvalue weighted by atomic mass is 19.4.